The van der Waals surface area contributed by atoms with E-state index in [0.29, 0.717) is 0 Å². The summed E-state index contributed by atoms with van der Waals surface area (Å²) in [5.41, 5.74) is 0. The normalized spacial score (nSPS) is 13.1. The van der Waals surface area contributed by atoms with Gasteiger partial charge in [-0.15, -0.1) is 0 Å². The Morgan fingerprint density at radius 2 is 2.24 bits per heavy atom. The Labute approximate surface area is 108 Å². The number of nitrogens with one attached hydrogen (secondary N) is 1. The molecule has 0 radical (unpaired) electrons. The molecule has 92 valence electrons. The summed E-state index contributed by atoms with van der Waals surface area (Å²) in [4.78, 5) is -0.164. The van der Waals surface area contributed by atoms with Gasteiger partial charge in [-0.25, -0.2) is 17.5 Å². The minimum Gasteiger partial charge on any atom is -0.210 e. The standard InChI is InChI=1S/C10H10BrFN2O2S/c1-7(5-13)6-14-17(15,16)8-2-3-9(11)10(12)4-8/h2-4,7,14H,6H2,1H3/t7-/m1/s1. The van der Waals surface area contributed by atoms with Crippen LogP contribution in [-0.2, 0) is 10.0 Å². The summed E-state index contributed by atoms with van der Waals surface area (Å²) >= 11 is 2.94. The zero-order valence-corrected chi connectivity index (χ0v) is 11.3. The van der Waals surface area contributed by atoms with Gasteiger partial charge in [-0.1, -0.05) is 0 Å². The zero-order valence-electron chi connectivity index (χ0n) is 8.94. The number of nitrogens with zero attached hydrogens (tertiary/aromatic N) is 1. The molecular formula is C10H10BrFN2O2S. The summed E-state index contributed by atoms with van der Waals surface area (Å²) < 4.78 is 39.0. The Balaban J connectivity index is 2.91. The molecule has 1 aromatic rings. The average Bonchev–Trinajstić information content (AvgIpc) is 2.29. The van der Waals surface area contributed by atoms with Crippen molar-refractivity contribution in [3.8, 4) is 6.07 Å². The van der Waals surface area contributed by atoms with Gasteiger partial charge in [0.05, 0.1) is 21.4 Å². The number of sulfonamides is 1. The molecule has 0 spiro atoms. The van der Waals surface area contributed by atoms with E-state index in [4.69, 9.17) is 5.26 Å². The number of hydrogen-bond donors (Lipinski definition) is 1. The maximum Gasteiger partial charge on any atom is 0.240 e. The number of hydrogen-bond acceptors (Lipinski definition) is 3. The third-order valence-corrected chi connectivity index (χ3v) is 4.07. The lowest BCUT2D eigenvalue weighted by Gasteiger charge is -2.08. The third kappa shape index (κ3) is 3.77. The maximum absolute atomic E-state index is 13.2. The largest absolute Gasteiger partial charge is 0.240 e. The molecule has 1 aromatic carbocycles. The van der Waals surface area contributed by atoms with Gasteiger partial charge in [0.15, 0.2) is 0 Å². The molecule has 0 aliphatic rings. The molecule has 0 unspecified atom stereocenters. The minimum absolute atomic E-state index is 0.00346. The van der Waals surface area contributed by atoms with Gasteiger partial charge in [-0.3, -0.25) is 0 Å². The van der Waals surface area contributed by atoms with Crippen LogP contribution < -0.4 is 4.72 Å². The van der Waals surface area contributed by atoms with Crippen molar-refractivity contribution >= 4 is 26.0 Å². The molecule has 0 heterocycles. The summed E-state index contributed by atoms with van der Waals surface area (Å²) in [6.07, 6.45) is 0. The Morgan fingerprint density at radius 1 is 1.59 bits per heavy atom. The van der Waals surface area contributed by atoms with E-state index in [2.05, 4.69) is 20.7 Å². The summed E-state index contributed by atoms with van der Waals surface area (Å²) in [6.45, 7) is 1.58. The van der Waals surface area contributed by atoms with Gasteiger partial charge in [0, 0.05) is 6.54 Å². The van der Waals surface area contributed by atoms with Crippen molar-refractivity contribution < 1.29 is 12.8 Å². The van der Waals surface area contributed by atoms with Gasteiger partial charge in [0.2, 0.25) is 10.0 Å². The van der Waals surface area contributed by atoms with E-state index in [-0.39, 0.29) is 15.9 Å². The van der Waals surface area contributed by atoms with Crippen LogP contribution in [-0.4, -0.2) is 15.0 Å². The molecule has 0 aliphatic carbocycles. The SMILES string of the molecule is C[C@H](C#N)CNS(=O)(=O)c1ccc(Br)c(F)c1. The van der Waals surface area contributed by atoms with Gasteiger partial charge in [0.1, 0.15) is 5.82 Å². The fraction of sp³-hybridized carbons (Fsp3) is 0.300. The zero-order chi connectivity index (χ0) is 13.1. The van der Waals surface area contributed by atoms with Gasteiger partial charge < -0.3 is 0 Å². The van der Waals surface area contributed by atoms with E-state index >= 15 is 0 Å². The second-order valence-electron chi connectivity index (χ2n) is 3.46. The molecule has 1 N–H and O–H groups in total. The predicted molar refractivity (Wildman–Crippen MR) is 64.1 cm³/mol. The molecule has 0 bridgehead atoms. The van der Waals surface area contributed by atoms with Crippen LogP contribution in [0.1, 0.15) is 6.92 Å². The molecule has 7 heteroatoms. The minimum atomic E-state index is -3.77. The van der Waals surface area contributed by atoms with Crippen LogP contribution >= 0.6 is 15.9 Å². The van der Waals surface area contributed by atoms with E-state index in [1.165, 1.54) is 12.1 Å². The highest BCUT2D eigenvalue weighted by Gasteiger charge is 2.16. The van der Waals surface area contributed by atoms with Crippen molar-refractivity contribution in [1.82, 2.24) is 4.72 Å². The van der Waals surface area contributed by atoms with Gasteiger partial charge >= 0.3 is 0 Å². The Morgan fingerprint density at radius 3 is 2.76 bits per heavy atom. The topological polar surface area (TPSA) is 70.0 Å². The highest BCUT2D eigenvalue weighted by Crippen LogP contribution is 2.19. The third-order valence-electron chi connectivity index (χ3n) is 2.00. The number of halogens is 2. The van der Waals surface area contributed by atoms with Crippen molar-refractivity contribution in [3.05, 3.63) is 28.5 Å². The van der Waals surface area contributed by atoms with Crippen LogP contribution in [0.5, 0.6) is 0 Å². The second-order valence-corrected chi connectivity index (χ2v) is 6.08. The predicted octanol–water partition coefficient (Wildman–Crippen LogP) is 2.03. The quantitative estimate of drug-likeness (QED) is 0.922. The first kappa shape index (κ1) is 14.1. The monoisotopic (exact) mass is 320 g/mol. The Bertz CT molecular complexity index is 554. The smallest absolute Gasteiger partial charge is 0.210 e. The summed E-state index contributed by atoms with van der Waals surface area (Å²) in [7, 11) is -3.77. The summed E-state index contributed by atoms with van der Waals surface area (Å²) in [6, 6.07) is 5.42. The second kappa shape index (κ2) is 5.58. The Kier molecular flexibility index (Phi) is 4.62. The number of nitriles is 1. The summed E-state index contributed by atoms with van der Waals surface area (Å²) in [5, 5.41) is 8.53. The van der Waals surface area contributed by atoms with Gasteiger partial charge in [0.25, 0.3) is 0 Å². The van der Waals surface area contributed by atoms with Crippen molar-refractivity contribution in [1.29, 1.82) is 5.26 Å². The maximum atomic E-state index is 13.2. The van der Waals surface area contributed by atoms with Crippen molar-refractivity contribution in [2.75, 3.05) is 6.54 Å². The van der Waals surface area contributed by atoms with Gasteiger partial charge in [-0.2, -0.15) is 5.26 Å². The molecule has 0 amide bonds. The molecule has 0 aliphatic heterocycles. The van der Waals surface area contributed by atoms with Crippen molar-refractivity contribution in [2.24, 2.45) is 5.92 Å². The van der Waals surface area contributed by atoms with Gasteiger partial charge in [-0.05, 0) is 41.1 Å². The molecule has 0 saturated carbocycles. The molecule has 1 atom stereocenters. The number of benzene rings is 1. The van der Waals surface area contributed by atoms with Crippen LogP contribution in [0.15, 0.2) is 27.6 Å². The molecule has 0 saturated heterocycles. The van der Waals surface area contributed by atoms with E-state index < -0.39 is 21.8 Å². The molecule has 0 fully saturated rings. The molecule has 17 heavy (non-hydrogen) atoms. The van der Waals surface area contributed by atoms with Crippen LogP contribution in [0.3, 0.4) is 0 Å². The van der Waals surface area contributed by atoms with Crippen LogP contribution in [0, 0.1) is 23.1 Å². The average molecular weight is 321 g/mol. The fourth-order valence-corrected chi connectivity index (χ4v) is 2.40. The lowest BCUT2D eigenvalue weighted by molar-refractivity contribution is 0.569. The molecular weight excluding hydrogens is 311 g/mol. The van der Waals surface area contributed by atoms with E-state index in [0.717, 1.165) is 6.07 Å². The summed E-state index contributed by atoms with van der Waals surface area (Å²) in [5.74, 6) is -1.09. The van der Waals surface area contributed by atoms with Crippen molar-refractivity contribution in [2.45, 2.75) is 11.8 Å². The first-order valence-corrected chi connectivity index (χ1v) is 6.99. The van der Waals surface area contributed by atoms with Crippen LogP contribution in [0.25, 0.3) is 0 Å². The first-order valence-electron chi connectivity index (χ1n) is 4.71. The van der Waals surface area contributed by atoms with E-state index in [1.54, 1.807) is 6.92 Å². The van der Waals surface area contributed by atoms with Crippen molar-refractivity contribution in [3.63, 3.8) is 0 Å². The lowest BCUT2D eigenvalue weighted by Crippen LogP contribution is -2.28. The fourth-order valence-electron chi connectivity index (χ4n) is 1.01. The van der Waals surface area contributed by atoms with E-state index in [1.807, 2.05) is 6.07 Å². The first-order chi connectivity index (χ1) is 7.86. The molecule has 4 nitrogen and oxygen atoms in total. The molecule has 0 aromatic heterocycles. The van der Waals surface area contributed by atoms with Crippen LogP contribution in [0.4, 0.5) is 4.39 Å². The Hall–Kier alpha value is -0.970. The number of rotatable bonds is 4. The highest BCUT2D eigenvalue weighted by molar-refractivity contribution is 9.10. The molecule has 1 rings (SSSR count). The van der Waals surface area contributed by atoms with E-state index in [9.17, 15) is 12.8 Å². The lowest BCUT2D eigenvalue weighted by atomic mass is 10.2. The van der Waals surface area contributed by atoms with Crippen LogP contribution in [0.2, 0.25) is 0 Å². The highest BCUT2D eigenvalue weighted by atomic mass is 79.9.